The molecule has 0 atom stereocenters. The molecule has 0 aliphatic carbocycles. The third-order valence-electron chi connectivity index (χ3n) is 3.37. The summed E-state index contributed by atoms with van der Waals surface area (Å²) < 4.78 is 39.4. The van der Waals surface area contributed by atoms with Crippen LogP contribution in [0.1, 0.15) is 17.2 Å². The van der Waals surface area contributed by atoms with Gasteiger partial charge in [-0.15, -0.1) is 10.2 Å². The smallest absolute Gasteiger partial charge is 0.361 e. The zero-order valence-electron chi connectivity index (χ0n) is 10.8. The number of anilines is 1. The van der Waals surface area contributed by atoms with Crippen molar-refractivity contribution in [2.45, 2.75) is 19.3 Å². The van der Waals surface area contributed by atoms with Gasteiger partial charge in [-0.05, 0) is 12.1 Å². The molecule has 2 aromatic rings. The molecule has 1 aliphatic rings. The van der Waals surface area contributed by atoms with E-state index >= 15 is 0 Å². The fourth-order valence-corrected chi connectivity index (χ4v) is 2.42. The fourth-order valence-electron chi connectivity index (χ4n) is 2.42. The lowest BCUT2D eigenvalue weighted by atomic mass is 10.1. The molecule has 1 aliphatic heterocycles. The Kier molecular flexibility index (Phi) is 3.05. The Balaban J connectivity index is 1.93. The van der Waals surface area contributed by atoms with Crippen LogP contribution in [0.4, 0.5) is 18.9 Å². The number of benzene rings is 1. The first-order valence-corrected chi connectivity index (χ1v) is 6.24. The normalized spacial score (nSPS) is 14.7. The van der Waals surface area contributed by atoms with E-state index in [-0.39, 0.29) is 18.9 Å². The van der Waals surface area contributed by atoms with Gasteiger partial charge < -0.3 is 9.47 Å². The van der Waals surface area contributed by atoms with Crippen molar-refractivity contribution in [3.63, 3.8) is 0 Å². The maximum absolute atomic E-state index is 12.8. The summed E-state index contributed by atoms with van der Waals surface area (Å²) in [6, 6.07) is 9.07. The van der Waals surface area contributed by atoms with Crippen molar-refractivity contribution < 1.29 is 13.2 Å². The zero-order chi connectivity index (χ0) is 15.0. The predicted octanol–water partition coefficient (Wildman–Crippen LogP) is 2.19. The zero-order valence-corrected chi connectivity index (χ0v) is 10.8. The van der Waals surface area contributed by atoms with Crippen LogP contribution < -0.4 is 4.90 Å². The molecular formula is C13H10F3N5. The van der Waals surface area contributed by atoms with Crippen LogP contribution in [-0.2, 0) is 19.3 Å². The first kappa shape index (κ1) is 13.4. The lowest BCUT2D eigenvalue weighted by Crippen LogP contribution is -2.35. The van der Waals surface area contributed by atoms with Crippen LogP contribution >= 0.6 is 0 Å². The molecule has 0 N–H and O–H groups in total. The molecule has 3 rings (SSSR count). The molecule has 0 saturated carbocycles. The second-order valence-corrected chi connectivity index (χ2v) is 4.64. The van der Waals surface area contributed by atoms with E-state index in [1.54, 1.807) is 24.3 Å². The molecule has 0 unspecified atom stereocenters. The Morgan fingerprint density at radius 2 is 1.90 bits per heavy atom. The minimum absolute atomic E-state index is 0.136. The van der Waals surface area contributed by atoms with Crippen LogP contribution in [-0.4, -0.2) is 21.3 Å². The lowest BCUT2D eigenvalue weighted by Gasteiger charge is -2.30. The summed E-state index contributed by atoms with van der Waals surface area (Å²) >= 11 is 0. The fraction of sp³-hybridized carbons (Fsp3) is 0.308. The molecule has 2 heterocycles. The number of hydrogen-bond acceptors (Lipinski definition) is 4. The molecule has 0 saturated heterocycles. The summed E-state index contributed by atoms with van der Waals surface area (Å²) in [5, 5.41) is 16.0. The van der Waals surface area contributed by atoms with Crippen LogP contribution in [0.3, 0.4) is 0 Å². The number of hydrogen-bond donors (Lipinski definition) is 0. The number of aromatic nitrogens is 3. The number of nitriles is 1. The number of halogens is 3. The monoisotopic (exact) mass is 293 g/mol. The van der Waals surface area contributed by atoms with E-state index in [0.717, 1.165) is 4.57 Å². The highest BCUT2D eigenvalue weighted by Gasteiger charge is 2.39. The number of fused-ring (bicyclic) bond motifs is 1. The Hall–Kier alpha value is -2.56. The number of para-hydroxylation sites is 1. The summed E-state index contributed by atoms with van der Waals surface area (Å²) in [6.45, 7) is 0.700. The predicted molar refractivity (Wildman–Crippen MR) is 67.2 cm³/mol. The highest BCUT2D eigenvalue weighted by Crippen LogP contribution is 2.31. The minimum atomic E-state index is -4.50. The molecular weight excluding hydrogens is 283 g/mol. The van der Waals surface area contributed by atoms with Crippen molar-refractivity contribution in [1.82, 2.24) is 14.8 Å². The van der Waals surface area contributed by atoms with Crippen molar-refractivity contribution >= 4 is 5.69 Å². The molecule has 1 aromatic carbocycles. The van der Waals surface area contributed by atoms with E-state index in [9.17, 15) is 13.2 Å². The molecule has 0 bridgehead atoms. The van der Waals surface area contributed by atoms with E-state index in [0.29, 0.717) is 17.8 Å². The maximum Gasteiger partial charge on any atom is 0.451 e. The summed E-state index contributed by atoms with van der Waals surface area (Å²) in [5.41, 5.74) is 1.18. The van der Waals surface area contributed by atoms with E-state index in [4.69, 9.17) is 5.26 Å². The summed E-state index contributed by atoms with van der Waals surface area (Å²) in [5.74, 6) is -0.716. The van der Waals surface area contributed by atoms with Gasteiger partial charge in [-0.1, -0.05) is 12.1 Å². The van der Waals surface area contributed by atoms with E-state index < -0.39 is 12.0 Å². The van der Waals surface area contributed by atoms with Gasteiger partial charge in [0.05, 0.1) is 17.8 Å². The summed E-state index contributed by atoms with van der Waals surface area (Å²) in [7, 11) is 0. The van der Waals surface area contributed by atoms with Crippen LogP contribution in [0, 0.1) is 11.3 Å². The van der Waals surface area contributed by atoms with Crippen LogP contribution in [0.5, 0.6) is 0 Å². The first-order valence-electron chi connectivity index (χ1n) is 6.24. The van der Waals surface area contributed by atoms with Gasteiger partial charge in [-0.3, -0.25) is 0 Å². The average molecular weight is 293 g/mol. The van der Waals surface area contributed by atoms with Crippen molar-refractivity contribution in [2.24, 2.45) is 0 Å². The van der Waals surface area contributed by atoms with E-state index in [2.05, 4.69) is 16.3 Å². The lowest BCUT2D eigenvalue weighted by molar-refractivity contribution is -0.147. The highest BCUT2D eigenvalue weighted by molar-refractivity contribution is 5.59. The van der Waals surface area contributed by atoms with Gasteiger partial charge in [-0.2, -0.15) is 18.4 Å². The molecule has 108 valence electrons. The van der Waals surface area contributed by atoms with Gasteiger partial charge in [0.25, 0.3) is 0 Å². The van der Waals surface area contributed by atoms with Gasteiger partial charge in [0.15, 0.2) is 5.82 Å². The van der Waals surface area contributed by atoms with Crippen molar-refractivity contribution in [2.75, 3.05) is 11.4 Å². The van der Waals surface area contributed by atoms with Gasteiger partial charge >= 0.3 is 6.18 Å². The molecule has 0 spiro atoms. The summed E-state index contributed by atoms with van der Waals surface area (Å²) in [4.78, 5) is 1.84. The number of nitrogens with zero attached hydrogens (tertiary/aromatic N) is 5. The largest absolute Gasteiger partial charge is 0.451 e. The molecule has 0 fully saturated rings. The molecule has 8 heteroatoms. The van der Waals surface area contributed by atoms with Crippen LogP contribution in [0.2, 0.25) is 0 Å². The minimum Gasteiger partial charge on any atom is -0.361 e. The SMILES string of the molecule is N#Cc1ccccc1N1CCn2c(nnc2C(F)(F)F)C1. The average Bonchev–Trinajstić information content (AvgIpc) is 2.90. The van der Waals surface area contributed by atoms with E-state index in [1.807, 2.05) is 4.90 Å². The Labute approximate surface area is 118 Å². The van der Waals surface area contributed by atoms with Gasteiger partial charge in [-0.25, -0.2) is 0 Å². The second-order valence-electron chi connectivity index (χ2n) is 4.64. The third kappa shape index (κ3) is 2.31. The summed E-state index contributed by atoms with van der Waals surface area (Å²) in [6.07, 6.45) is -4.50. The third-order valence-corrected chi connectivity index (χ3v) is 3.37. The van der Waals surface area contributed by atoms with Crippen LogP contribution in [0.15, 0.2) is 24.3 Å². The quantitative estimate of drug-likeness (QED) is 0.808. The standard InChI is InChI=1S/C13H10F3N5/c14-13(15,16)12-19-18-11-8-20(5-6-21(11)12)10-4-2-1-3-9(10)7-17/h1-4H,5-6,8H2. The Bertz CT molecular complexity index is 713. The van der Waals surface area contributed by atoms with Gasteiger partial charge in [0.1, 0.15) is 6.07 Å². The number of alkyl halides is 3. The molecule has 5 nitrogen and oxygen atoms in total. The first-order chi connectivity index (χ1) is 10.0. The van der Waals surface area contributed by atoms with Crippen molar-refractivity contribution in [3.8, 4) is 6.07 Å². The molecule has 0 radical (unpaired) electrons. The topological polar surface area (TPSA) is 57.7 Å². The van der Waals surface area contributed by atoms with E-state index in [1.165, 1.54) is 0 Å². The van der Waals surface area contributed by atoms with Crippen LogP contribution in [0.25, 0.3) is 0 Å². The van der Waals surface area contributed by atoms with Gasteiger partial charge in [0.2, 0.25) is 5.82 Å². The second kappa shape index (κ2) is 4.77. The highest BCUT2D eigenvalue weighted by atomic mass is 19.4. The van der Waals surface area contributed by atoms with Crippen molar-refractivity contribution in [1.29, 1.82) is 5.26 Å². The molecule has 1 aromatic heterocycles. The Morgan fingerprint density at radius 3 is 2.62 bits per heavy atom. The van der Waals surface area contributed by atoms with Crippen molar-refractivity contribution in [3.05, 3.63) is 41.5 Å². The maximum atomic E-state index is 12.8. The molecule has 21 heavy (non-hydrogen) atoms. The number of rotatable bonds is 1. The molecule has 0 amide bonds. The van der Waals surface area contributed by atoms with Gasteiger partial charge in [0, 0.05) is 13.1 Å². The Morgan fingerprint density at radius 1 is 1.14 bits per heavy atom.